The molecule has 3 rings (SSSR count). The molecule has 1 aromatic carbocycles. The molecular weight excluding hydrogens is 244 g/mol. The van der Waals surface area contributed by atoms with Gasteiger partial charge in [0.2, 0.25) is 0 Å². The van der Waals surface area contributed by atoms with Crippen LogP contribution in [0.1, 0.15) is 45.4 Å². The van der Waals surface area contributed by atoms with E-state index in [1.165, 1.54) is 55.0 Å². The maximum absolute atomic E-state index is 4.20. The lowest BCUT2D eigenvalue weighted by Gasteiger charge is -2.30. The maximum Gasteiger partial charge on any atom is 0.0423 e. The molecule has 1 aromatic heterocycles. The van der Waals surface area contributed by atoms with Gasteiger partial charge in [0, 0.05) is 34.9 Å². The molecule has 0 unspecified atom stereocenters. The van der Waals surface area contributed by atoms with Crippen LogP contribution in [0.4, 0.5) is 5.69 Å². The summed E-state index contributed by atoms with van der Waals surface area (Å²) in [4.78, 5) is 4.20. The van der Waals surface area contributed by atoms with E-state index in [4.69, 9.17) is 0 Å². The molecule has 0 bridgehead atoms. The highest BCUT2D eigenvalue weighted by atomic mass is 14.9. The molecule has 0 amide bonds. The zero-order valence-electron chi connectivity index (χ0n) is 12.3. The second-order valence-corrected chi connectivity index (χ2v) is 6.05. The molecule has 1 aliphatic carbocycles. The number of hydrogen-bond acceptors (Lipinski definition) is 2. The highest BCUT2D eigenvalue weighted by Crippen LogP contribution is 2.31. The van der Waals surface area contributed by atoms with Crippen molar-refractivity contribution in [1.29, 1.82) is 0 Å². The van der Waals surface area contributed by atoms with Crippen LogP contribution in [0.15, 0.2) is 36.7 Å². The second kappa shape index (κ2) is 6.25. The lowest BCUT2D eigenvalue weighted by molar-refractivity contribution is 0.319. The van der Waals surface area contributed by atoms with Crippen molar-refractivity contribution in [3.8, 4) is 0 Å². The molecule has 2 heteroatoms. The molecule has 1 fully saturated rings. The monoisotopic (exact) mass is 268 g/mol. The van der Waals surface area contributed by atoms with Crippen molar-refractivity contribution in [1.82, 2.24) is 4.98 Å². The van der Waals surface area contributed by atoms with Crippen molar-refractivity contribution in [2.75, 3.05) is 5.32 Å². The number of nitrogens with one attached hydrogen (secondary N) is 1. The van der Waals surface area contributed by atoms with Gasteiger partial charge in [0.15, 0.2) is 0 Å². The van der Waals surface area contributed by atoms with Crippen LogP contribution in [-0.2, 0) is 0 Å². The van der Waals surface area contributed by atoms with Gasteiger partial charge >= 0.3 is 0 Å². The minimum absolute atomic E-state index is 0.641. The lowest BCUT2D eigenvalue weighted by Crippen LogP contribution is -2.26. The summed E-state index contributed by atoms with van der Waals surface area (Å²) in [6, 6.07) is 9.20. The summed E-state index contributed by atoms with van der Waals surface area (Å²) < 4.78 is 0. The minimum Gasteiger partial charge on any atom is -0.382 e. The average Bonchev–Trinajstić information content (AvgIpc) is 2.50. The van der Waals surface area contributed by atoms with Crippen molar-refractivity contribution >= 4 is 16.5 Å². The quantitative estimate of drug-likeness (QED) is 0.843. The first-order chi connectivity index (χ1) is 9.86. The van der Waals surface area contributed by atoms with Crippen LogP contribution in [0, 0.1) is 5.92 Å². The van der Waals surface area contributed by atoms with Gasteiger partial charge in [0.05, 0.1) is 0 Å². The topological polar surface area (TPSA) is 24.9 Å². The summed E-state index contributed by atoms with van der Waals surface area (Å²) in [5.41, 5.74) is 1.27. The van der Waals surface area contributed by atoms with Crippen molar-refractivity contribution in [3.63, 3.8) is 0 Å². The Morgan fingerprint density at radius 3 is 2.80 bits per heavy atom. The Morgan fingerprint density at radius 1 is 1.15 bits per heavy atom. The van der Waals surface area contributed by atoms with Crippen LogP contribution in [0.5, 0.6) is 0 Å². The van der Waals surface area contributed by atoms with E-state index < -0.39 is 0 Å². The average molecular weight is 268 g/mol. The van der Waals surface area contributed by atoms with Crippen molar-refractivity contribution in [2.24, 2.45) is 5.92 Å². The van der Waals surface area contributed by atoms with Gasteiger partial charge in [-0.15, -0.1) is 0 Å². The van der Waals surface area contributed by atoms with E-state index in [1.54, 1.807) is 0 Å². The van der Waals surface area contributed by atoms with Gasteiger partial charge in [0.1, 0.15) is 0 Å². The van der Waals surface area contributed by atoms with E-state index >= 15 is 0 Å². The summed E-state index contributed by atoms with van der Waals surface area (Å²) in [7, 11) is 0. The number of nitrogens with zero attached hydrogens (tertiary/aromatic N) is 1. The van der Waals surface area contributed by atoms with Crippen molar-refractivity contribution in [2.45, 2.75) is 51.5 Å². The number of benzene rings is 1. The van der Waals surface area contributed by atoms with E-state index in [0.29, 0.717) is 6.04 Å². The fourth-order valence-corrected chi connectivity index (χ4v) is 3.47. The summed E-state index contributed by atoms with van der Waals surface area (Å²) in [5.74, 6) is 0.967. The van der Waals surface area contributed by atoms with Gasteiger partial charge in [-0.3, -0.25) is 4.98 Å². The molecule has 1 heterocycles. The predicted octanol–water partition coefficient (Wildman–Crippen LogP) is 5.01. The Morgan fingerprint density at radius 2 is 2.00 bits per heavy atom. The molecule has 0 saturated heterocycles. The van der Waals surface area contributed by atoms with Crippen LogP contribution in [-0.4, -0.2) is 11.0 Å². The van der Waals surface area contributed by atoms with Crippen molar-refractivity contribution in [3.05, 3.63) is 36.7 Å². The molecule has 0 aliphatic heterocycles. The fourth-order valence-electron chi connectivity index (χ4n) is 3.47. The zero-order chi connectivity index (χ0) is 13.8. The van der Waals surface area contributed by atoms with Gasteiger partial charge in [-0.25, -0.2) is 0 Å². The third kappa shape index (κ3) is 2.95. The van der Waals surface area contributed by atoms with Crippen LogP contribution in [0.3, 0.4) is 0 Å². The van der Waals surface area contributed by atoms with E-state index in [9.17, 15) is 0 Å². The van der Waals surface area contributed by atoms with E-state index in [0.717, 1.165) is 5.92 Å². The Balaban J connectivity index is 1.68. The van der Waals surface area contributed by atoms with Crippen LogP contribution < -0.4 is 5.32 Å². The van der Waals surface area contributed by atoms with Gasteiger partial charge in [-0.05, 0) is 43.7 Å². The molecule has 20 heavy (non-hydrogen) atoms. The largest absolute Gasteiger partial charge is 0.382 e. The molecule has 1 aliphatic rings. The van der Waals surface area contributed by atoms with Crippen molar-refractivity contribution < 1.29 is 0 Å². The first-order valence-corrected chi connectivity index (χ1v) is 7.96. The standard InChI is InChI=1S/C18H24N2/c1-2-4-14-7-9-16(10-8-14)20-18-6-3-5-15-13-19-12-11-17(15)18/h3,5-6,11-14,16,20H,2,4,7-10H2,1H3. The Kier molecular flexibility index (Phi) is 4.19. The lowest BCUT2D eigenvalue weighted by atomic mass is 9.83. The Labute approximate surface area is 121 Å². The van der Waals surface area contributed by atoms with Gasteiger partial charge in [-0.2, -0.15) is 0 Å². The molecule has 2 nitrogen and oxygen atoms in total. The smallest absolute Gasteiger partial charge is 0.0423 e. The molecule has 0 radical (unpaired) electrons. The molecule has 1 N–H and O–H groups in total. The third-order valence-corrected chi connectivity index (χ3v) is 4.58. The van der Waals surface area contributed by atoms with Gasteiger partial charge < -0.3 is 5.32 Å². The van der Waals surface area contributed by atoms with E-state index in [2.05, 4.69) is 41.5 Å². The first kappa shape index (κ1) is 13.4. The number of rotatable bonds is 4. The number of pyridine rings is 1. The summed E-state index contributed by atoms with van der Waals surface area (Å²) >= 11 is 0. The van der Waals surface area contributed by atoms with E-state index in [1.807, 2.05) is 12.4 Å². The number of hydrogen-bond donors (Lipinski definition) is 1. The highest BCUT2D eigenvalue weighted by molar-refractivity contribution is 5.93. The van der Waals surface area contributed by atoms with Crippen LogP contribution >= 0.6 is 0 Å². The normalized spacial score (nSPS) is 22.9. The number of aromatic nitrogens is 1. The molecule has 2 aromatic rings. The van der Waals surface area contributed by atoms with Gasteiger partial charge in [0.25, 0.3) is 0 Å². The number of anilines is 1. The SMILES string of the molecule is CCCC1CCC(Nc2cccc3cnccc23)CC1. The zero-order valence-corrected chi connectivity index (χ0v) is 12.3. The first-order valence-electron chi connectivity index (χ1n) is 7.96. The van der Waals surface area contributed by atoms with Gasteiger partial charge in [-0.1, -0.05) is 31.9 Å². The Bertz CT molecular complexity index is 551. The third-order valence-electron chi connectivity index (χ3n) is 4.58. The predicted molar refractivity (Wildman–Crippen MR) is 86.0 cm³/mol. The molecule has 106 valence electrons. The summed E-state index contributed by atoms with van der Waals surface area (Å²) in [6.45, 7) is 2.30. The van der Waals surface area contributed by atoms with Crippen LogP contribution in [0.2, 0.25) is 0 Å². The molecule has 1 saturated carbocycles. The summed E-state index contributed by atoms with van der Waals surface area (Å²) in [6.07, 6.45) is 12.0. The molecule has 0 spiro atoms. The Hall–Kier alpha value is -1.57. The van der Waals surface area contributed by atoms with Crippen LogP contribution in [0.25, 0.3) is 10.8 Å². The number of fused-ring (bicyclic) bond motifs is 1. The minimum atomic E-state index is 0.641. The molecular formula is C18H24N2. The van der Waals surface area contributed by atoms with E-state index in [-0.39, 0.29) is 0 Å². The second-order valence-electron chi connectivity index (χ2n) is 6.05. The summed E-state index contributed by atoms with van der Waals surface area (Å²) in [5, 5.41) is 6.27. The highest BCUT2D eigenvalue weighted by Gasteiger charge is 2.20. The maximum atomic E-state index is 4.20. The molecule has 0 atom stereocenters. The fraction of sp³-hybridized carbons (Fsp3) is 0.500.